The molecule has 29 heavy (non-hydrogen) atoms. The number of fused-ring (bicyclic) bond motifs is 1. The van der Waals surface area contributed by atoms with Gasteiger partial charge in [-0.05, 0) is 37.1 Å². The van der Waals surface area contributed by atoms with Crippen molar-refractivity contribution in [3.05, 3.63) is 40.2 Å². The first-order valence-corrected chi connectivity index (χ1v) is 10.4. The molecule has 1 N–H and O–H groups in total. The van der Waals surface area contributed by atoms with Crippen LogP contribution in [0.3, 0.4) is 0 Å². The van der Waals surface area contributed by atoms with E-state index in [1.54, 1.807) is 13.8 Å². The Balaban J connectivity index is 1.77. The molecule has 0 aliphatic carbocycles. The summed E-state index contributed by atoms with van der Waals surface area (Å²) in [6.45, 7) is 3.50. The van der Waals surface area contributed by atoms with Gasteiger partial charge in [-0.1, -0.05) is 0 Å². The first-order chi connectivity index (χ1) is 13.5. The number of halogens is 3. The Morgan fingerprint density at radius 2 is 1.93 bits per heavy atom. The van der Waals surface area contributed by atoms with E-state index in [1.165, 1.54) is 23.9 Å². The molecule has 1 aliphatic rings. The van der Waals surface area contributed by atoms with Crippen molar-refractivity contribution >= 4 is 10.0 Å². The first-order valence-electron chi connectivity index (χ1n) is 8.93. The van der Waals surface area contributed by atoms with Crippen LogP contribution in [0.1, 0.15) is 28.1 Å². The number of methoxy groups -OCH3 is 1. The number of aromatic nitrogens is 2. The van der Waals surface area contributed by atoms with Crippen LogP contribution in [-0.2, 0) is 40.5 Å². The molecule has 2 aromatic rings. The van der Waals surface area contributed by atoms with Crippen LogP contribution in [0.4, 0.5) is 13.2 Å². The van der Waals surface area contributed by atoms with Gasteiger partial charge in [0, 0.05) is 24.2 Å². The lowest BCUT2D eigenvalue weighted by atomic mass is 10.1. The molecule has 2 heterocycles. The highest BCUT2D eigenvalue weighted by Gasteiger charge is 2.39. The second-order valence-electron chi connectivity index (χ2n) is 6.79. The van der Waals surface area contributed by atoms with Crippen LogP contribution >= 0.6 is 0 Å². The van der Waals surface area contributed by atoms with Crippen LogP contribution in [0.15, 0.2) is 17.0 Å². The van der Waals surface area contributed by atoms with Gasteiger partial charge < -0.3 is 9.47 Å². The number of aryl methyl sites for hydroxylation is 2. The van der Waals surface area contributed by atoms with Crippen LogP contribution < -0.4 is 9.46 Å². The van der Waals surface area contributed by atoms with Crippen molar-refractivity contribution in [2.45, 2.75) is 44.5 Å². The number of hydrogen-bond donors (Lipinski definition) is 1. The van der Waals surface area contributed by atoms with Crippen molar-refractivity contribution in [3.63, 3.8) is 0 Å². The average Bonchev–Trinajstić information content (AvgIpc) is 3.01. The molecule has 3 rings (SSSR count). The molecule has 0 saturated carbocycles. The topological polar surface area (TPSA) is 82.5 Å². The fourth-order valence-corrected chi connectivity index (χ4v) is 4.67. The Bertz CT molecular complexity index is 993. The maximum atomic E-state index is 13.2. The number of nitrogens with one attached hydrogen (secondary N) is 1. The number of hydrogen-bond acceptors (Lipinski definition) is 5. The zero-order valence-corrected chi connectivity index (χ0v) is 17.1. The second-order valence-corrected chi connectivity index (χ2v) is 8.55. The lowest BCUT2D eigenvalue weighted by Crippen LogP contribution is -2.28. The molecule has 0 unspecified atom stereocenters. The standard InChI is InChI=1S/C18H22F3N3O4S/c1-11-8-13(9-12(2)16(11)27-3)29(25,26)22-5-6-24-15-4-7-28-10-14(15)17(23-24)18(19,20)21/h8-9,22H,4-7,10H2,1-3H3. The highest BCUT2D eigenvalue weighted by atomic mass is 32.2. The van der Waals surface area contributed by atoms with E-state index in [2.05, 4.69) is 9.82 Å². The molecule has 1 aliphatic heterocycles. The lowest BCUT2D eigenvalue weighted by molar-refractivity contribution is -0.142. The van der Waals surface area contributed by atoms with Gasteiger partial charge in [0.2, 0.25) is 10.0 Å². The number of sulfonamides is 1. The van der Waals surface area contributed by atoms with E-state index in [4.69, 9.17) is 9.47 Å². The predicted molar refractivity (Wildman–Crippen MR) is 98.2 cm³/mol. The third-order valence-electron chi connectivity index (χ3n) is 4.73. The zero-order chi connectivity index (χ0) is 21.4. The third-order valence-corrected chi connectivity index (χ3v) is 6.17. The van der Waals surface area contributed by atoms with Gasteiger partial charge in [-0.25, -0.2) is 13.1 Å². The molecule has 0 amide bonds. The van der Waals surface area contributed by atoms with Gasteiger partial charge >= 0.3 is 6.18 Å². The Hall–Kier alpha value is -2.11. The van der Waals surface area contributed by atoms with Crippen LogP contribution in [0, 0.1) is 13.8 Å². The highest BCUT2D eigenvalue weighted by molar-refractivity contribution is 7.89. The Labute approximate surface area is 166 Å². The third kappa shape index (κ3) is 4.41. The van der Waals surface area contributed by atoms with Gasteiger partial charge in [0.15, 0.2) is 5.69 Å². The molecule has 0 bridgehead atoms. The fourth-order valence-electron chi connectivity index (χ4n) is 3.48. The fraction of sp³-hybridized carbons (Fsp3) is 0.500. The van der Waals surface area contributed by atoms with Gasteiger partial charge in [0.25, 0.3) is 0 Å². The van der Waals surface area contributed by atoms with Crippen molar-refractivity contribution in [2.24, 2.45) is 0 Å². The summed E-state index contributed by atoms with van der Waals surface area (Å²) in [4.78, 5) is 0.0696. The van der Waals surface area contributed by atoms with E-state index in [9.17, 15) is 21.6 Å². The second kappa shape index (κ2) is 7.96. The molecule has 7 nitrogen and oxygen atoms in total. The minimum absolute atomic E-state index is 0.0213. The Morgan fingerprint density at radius 3 is 2.52 bits per heavy atom. The average molecular weight is 433 g/mol. The van der Waals surface area contributed by atoms with Crippen molar-refractivity contribution in [2.75, 3.05) is 20.3 Å². The minimum Gasteiger partial charge on any atom is -0.496 e. The quantitative estimate of drug-likeness (QED) is 0.757. The van der Waals surface area contributed by atoms with Crippen molar-refractivity contribution in [1.29, 1.82) is 0 Å². The first kappa shape index (κ1) is 21.6. The van der Waals surface area contributed by atoms with Crippen LogP contribution in [0.5, 0.6) is 5.75 Å². The number of ether oxygens (including phenoxy) is 2. The smallest absolute Gasteiger partial charge is 0.435 e. The maximum Gasteiger partial charge on any atom is 0.435 e. The Kier molecular flexibility index (Phi) is 5.93. The summed E-state index contributed by atoms with van der Waals surface area (Å²) in [5, 5.41) is 3.67. The minimum atomic E-state index is -4.59. The number of alkyl halides is 3. The molecule has 0 radical (unpaired) electrons. The van der Waals surface area contributed by atoms with Crippen LogP contribution in [-0.4, -0.2) is 38.5 Å². The van der Waals surface area contributed by atoms with Crippen LogP contribution in [0.25, 0.3) is 0 Å². The molecule has 1 aromatic carbocycles. The predicted octanol–water partition coefficient (Wildman–Crippen LogP) is 2.58. The van der Waals surface area contributed by atoms with Crippen molar-refractivity contribution in [1.82, 2.24) is 14.5 Å². The summed E-state index contributed by atoms with van der Waals surface area (Å²) in [6.07, 6.45) is -4.30. The molecule has 11 heteroatoms. The molecule has 0 fully saturated rings. The van der Waals surface area contributed by atoms with Gasteiger partial charge in [-0.15, -0.1) is 0 Å². The molecule has 1 aromatic heterocycles. The van der Waals surface area contributed by atoms with E-state index in [0.717, 1.165) is 0 Å². The molecular weight excluding hydrogens is 411 g/mol. The summed E-state index contributed by atoms with van der Waals surface area (Å²) in [5.41, 5.74) is 0.816. The van der Waals surface area contributed by atoms with Gasteiger partial charge in [0.1, 0.15) is 5.75 Å². The highest BCUT2D eigenvalue weighted by Crippen LogP contribution is 2.34. The molecule has 160 valence electrons. The summed E-state index contributed by atoms with van der Waals surface area (Å²) in [6, 6.07) is 2.98. The maximum absolute atomic E-state index is 13.2. The number of rotatable bonds is 6. The van der Waals surface area contributed by atoms with E-state index >= 15 is 0 Å². The Morgan fingerprint density at radius 1 is 1.28 bits per heavy atom. The van der Waals surface area contributed by atoms with Gasteiger partial charge in [-0.3, -0.25) is 4.68 Å². The molecule has 0 saturated heterocycles. The van der Waals surface area contributed by atoms with Crippen molar-refractivity contribution in [3.8, 4) is 5.75 Å². The van der Waals surface area contributed by atoms with Crippen molar-refractivity contribution < 1.29 is 31.1 Å². The van der Waals surface area contributed by atoms with E-state index in [-0.39, 0.29) is 30.2 Å². The zero-order valence-electron chi connectivity index (χ0n) is 16.3. The van der Waals surface area contributed by atoms with Crippen LogP contribution in [0.2, 0.25) is 0 Å². The summed E-state index contributed by atoms with van der Waals surface area (Å²) in [7, 11) is -2.33. The summed E-state index contributed by atoms with van der Waals surface area (Å²) in [5.74, 6) is 0.606. The summed E-state index contributed by atoms with van der Waals surface area (Å²) < 4.78 is 78.8. The van der Waals surface area contributed by atoms with E-state index < -0.39 is 21.9 Å². The number of benzene rings is 1. The molecule has 0 atom stereocenters. The van der Waals surface area contributed by atoms with Gasteiger partial charge in [0.05, 0.1) is 31.8 Å². The molecule has 0 spiro atoms. The largest absolute Gasteiger partial charge is 0.496 e. The van der Waals surface area contributed by atoms with Gasteiger partial charge in [-0.2, -0.15) is 18.3 Å². The lowest BCUT2D eigenvalue weighted by Gasteiger charge is -2.16. The normalized spacial score (nSPS) is 14.7. The number of nitrogens with zero attached hydrogens (tertiary/aromatic N) is 2. The monoisotopic (exact) mass is 433 g/mol. The van der Waals surface area contributed by atoms with E-state index in [1.807, 2.05) is 0 Å². The SMILES string of the molecule is COc1c(C)cc(S(=O)(=O)NCCn2nc(C(F)(F)F)c3c2CCOC3)cc1C. The summed E-state index contributed by atoms with van der Waals surface area (Å²) >= 11 is 0. The van der Waals surface area contributed by atoms with E-state index in [0.29, 0.717) is 35.6 Å². The molecular formula is C18H22F3N3O4S.